The molecule has 0 atom stereocenters. The lowest BCUT2D eigenvalue weighted by atomic mass is 10.1. The number of hydrogen-bond donors (Lipinski definition) is 0. The minimum Gasteiger partial charge on any atom is -0.381 e. The fourth-order valence-corrected chi connectivity index (χ4v) is 3.02. The lowest BCUT2D eigenvalue weighted by Crippen LogP contribution is -2.49. The predicted octanol–water partition coefficient (Wildman–Crippen LogP) is 1.22. The van der Waals surface area contributed by atoms with Gasteiger partial charge in [-0.05, 0) is 32.7 Å². The summed E-state index contributed by atoms with van der Waals surface area (Å²) in [6.45, 7) is 8.20. The van der Waals surface area contributed by atoms with Crippen LogP contribution in [0.3, 0.4) is 0 Å². The summed E-state index contributed by atoms with van der Waals surface area (Å²) in [5.41, 5.74) is 0. The van der Waals surface area contributed by atoms with Crippen molar-refractivity contribution in [1.29, 1.82) is 0 Å². The largest absolute Gasteiger partial charge is 0.381 e. The van der Waals surface area contributed by atoms with Crippen molar-refractivity contribution >= 4 is 0 Å². The molecule has 5 heteroatoms. The molecule has 0 amide bonds. The van der Waals surface area contributed by atoms with E-state index in [2.05, 4.69) is 16.8 Å². The van der Waals surface area contributed by atoms with Crippen molar-refractivity contribution < 1.29 is 14.2 Å². The Kier molecular flexibility index (Phi) is 7.96. The first-order valence-corrected chi connectivity index (χ1v) is 8.41. The fourth-order valence-electron chi connectivity index (χ4n) is 3.02. The summed E-state index contributed by atoms with van der Waals surface area (Å²) in [5.74, 6) is 0. The minimum absolute atomic E-state index is 0.463. The highest BCUT2D eigenvalue weighted by molar-refractivity contribution is 4.77. The first-order chi connectivity index (χ1) is 10.3. The van der Waals surface area contributed by atoms with E-state index < -0.39 is 0 Å². The molecular formula is C16H32N2O3. The molecule has 0 unspecified atom stereocenters. The maximum absolute atomic E-state index is 5.73. The zero-order chi connectivity index (χ0) is 14.9. The van der Waals surface area contributed by atoms with Crippen LogP contribution in [0.25, 0.3) is 0 Å². The maximum atomic E-state index is 5.73. The smallest absolute Gasteiger partial charge is 0.0828 e. The molecule has 2 rings (SSSR count). The second-order valence-electron chi connectivity index (χ2n) is 6.31. The topological polar surface area (TPSA) is 34.2 Å². The van der Waals surface area contributed by atoms with E-state index in [1.54, 1.807) is 0 Å². The third-order valence-electron chi connectivity index (χ3n) is 4.45. The van der Waals surface area contributed by atoms with Crippen molar-refractivity contribution in [1.82, 2.24) is 9.80 Å². The van der Waals surface area contributed by atoms with Gasteiger partial charge < -0.3 is 24.0 Å². The molecule has 21 heavy (non-hydrogen) atoms. The van der Waals surface area contributed by atoms with E-state index in [0.717, 1.165) is 52.3 Å². The number of piperidine rings is 1. The average molecular weight is 300 g/mol. The van der Waals surface area contributed by atoms with Crippen LogP contribution in [0.1, 0.15) is 25.7 Å². The Morgan fingerprint density at radius 1 is 0.952 bits per heavy atom. The van der Waals surface area contributed by atoms with Crippen molar-refractivity contribution in [2.75, 3.05) is 66.7 Å². The Labute approximate surface area is 129 Å². The number of likely N-dealkylation sites (N-methyl/N-ethyl adjacent to an activating group) is 1. The van der Waals surface area contributed by atoms with Gasteiger partial charge in [0.1, 0.15) is 0 Å². The third kappa shape index (κ3) is 6.61. The lowest BCUT2D eigenvalue weighted by Gasteiger charge is -2.35. The van der Waals surface area contributed by atoms with Gasteiger partial charge in [-0.1, -0.05) is 0 Å². The summed E-state index contributed by atoms with van der Waals surface area (Å²) < 4.78 is 16.8. The summed E-state index contributed by atoms with van der Waals surface area (Å²) in [7, 11) is 3.95. The molecule has 0 saturated carbocycles. The van der Waals surface area contributed by atoms with Crippen molar-refractivity contribution in [3.8, 4) is 0 Å². The van der Waals surface area contributed by atoms with Gasteiger partial charge in [-0.15, -0.1) is 0 Å². The number of nitrogens with zero attached hydrogens (tertiary/aromatic N) is 2. The second kappa shape index (κ2) is 9.74. The Morgan fingerprint density at radius 3 is 2.33 bits per heavy atom. The SMILES string of the molecule is COC1CCN(CCCOCCCOC2CN(C)C2)CC1. The Morgan fingerprint density at radius 2 is 1.67 bits per heavy atom. The summed E-state index contributed by atoms with van der Waals surface area (Å²) >= 11 is 0. The van der Waals surface area contributed by atoms with Gasteiger partial charge in [0.25, 0.3) is 0 Å². The van der Waals surface area contributed by atoms with Crippen LogP contribution in [0.15, 0.2) is 0 Å². The first-order valence-electron chi connectivity index (χ1n) is 8.41. The third-order valence-corrected chi connectivity index (χ3v) is 4.45. The molecule has 2 heterocycles. The zero-order valence-electron chi connectivity index (χ0n) is 13.8. The van der Waals surface area contributed by atoms with E-state index in [4.69, 9.17) is 14.2 Å². The molecule has 0 bridgehead atoms. The Hall–Kier alpha value is -0.200. The van der Waals surface area contributed by atoms with Gasteiger partial charge in [0, 0.05) is 59.7 Å². The highest BCUT2D eigenvalue weighted by atomic mass is 16.5. The molecule has 0 aromatic heterocycles. The van der Waals surface area contributed by atoms with E-state index in [0.29, 0.717) is 12.2 Å². The maximum Gasteiger partial charge on any atom is 0.0828 e. The molecular weight excluding hydrogens is 268 g/mol. The molecule has 2 aliphatic heterocycles. The number of hydrogen-bond acceptors (Lipinski definition) is 5. The van der Waals surface area contributed by atoms with E-state index in [1.807, 2.05) is 7.11 Å². The van der Waals surface area contributed by atoms with Gasteiger partial charge in [0.05, 0.1) is 12.2 Å². The van der Waals surface area contributed by atoms with E-state index in [-0.39, 0.29) is 0 Å². The van der Waals surface area contributed by atoms with Crippen LogP contribution in [0.2, 0.25) is 0 Å². The van der Waals surface area contributed by atoms with Gasteiger partial charge in [0.2, 0.25) is 0 Å². The average Bonchev–Trinajstić information content (AvgIpc) is 2.48. The van der Waals surface area contributed by atoms with Crippen molar-refractivity contribution in [3.63, 3.8) is 0 Å². The molecule has 124 valence electrons. The van der Waals surface area contributed by atoms with Gasteiger partial charge in [-0.3, -0.25) is 0 Å². The summed E-state index contributed by atoms with van der Waals surface area (Å²) in [6, 6.07) is 0. The number of rotatable bonds is 10. The van der Waals surface area contributed by atoms with Crippen LogP contribution < -0.4 is 0 Å². The molecule has 0 N–H and O–H groups in total. The minimum atomic E-state index is 0.463. The van der Waals surface area contributed by atoms with E-state index in [1.165, 1.54) is 25.9 Å². The van der Waals surface area contributed by atoms with E-state index in [9.17, 15) is 0 Å². The van der Waals surface area contributed by atoms with Crippen LogP contribution in [0.5, 0.6) is 0 Å². The fraction of sp³-hybridized carbons (Fsp3) is 1.00. The Balaban J connectivity index is 1.32. The first kappa shape index (κ1) is 17.2. The molecule has 0 spiro atoms. The molecule has 0 aromatic rings. The van der Waals surface area contributed by atoms with Crippen LogP contribution >= 0.6 is 0 Å². The van der Waals surface area contributed by atoms with Crippen LogP contribution in [0, 0.1) is 0 Å². The Bertz CT molecular complexity index is 264. The standard InChI is InChI=1S/C16H32N2O3/c1-17-13-16(14-17)21-12-4-11-20-10-3-7-18-8-5-15(19-2)6-9-18/h15-16H,3-14H2,1-2H3. The number of ether oxygens (including phenoxy) is 3. The number of likely N-dealkylation sites (tertiary alicyclic amines) is 2. The summed E-state index contributed by atoms with van der Waals surface area (Å²) in [5, 5.41) is 0. The van der Waals surface area contributed by atoms with E-state index >= 15 is 0 Å². The van der Waals surface area contributed by atoms with Crippen LogP contribution in [-0.2, 0) is 14.2 Å². The molecule has 2 fully saturated rings. The molecule has 0 radical (unpaired) electrons. The predicted molar refractivity (Wildman–Crippen MR) is 83.8 cm³/mol. The van der Waals surface area contributed by atoms with Gasteiger partial charge in [-0.2, -0.15) is 0 Å². The molecule has 2 aliphatic rings. The molecule has 0 aliphatic carbocycles. The second-order valence-corrected chi connectivity index (χ2v) is 6.31. The van der Waals surface area contributed by atoms with Gasteiger partial charge >= 0.3 is 0 Å². The van der Waals surface area contributed by atoms with Crippen molar-refractivity contribution in [3.05, 3.63) is 0 Å². The van der Waals surface area contributed by atoms with Crippen molar-refractivity contribution in [2.45, 2.75) is 37.9 Å². The van der Waals surface area contributed by atoms with Gasteiger partial charge in [-0.25, -0.2) is 0 Å². The van der Waals surface area contributed by atoms with Crippen LogP contribution in [-0.4, -0.2) is 88.7 Å². The highest BCUT2D eigenvalue weighted by Crippen LogP contribution is 2.12. The zero-order valence-corrected chi connectivity index (χ0v) is 13.8. The molecule has 2 saturated heterocycles. The summed E-state index contributed by atoms with van der Waals surface area (Å²) in [6.07, 6.45) is 5.43. The monoisotopic (exact) mass is 300 g/mol. The van der Waals surface area contributed by atoms with Crippen molar-refractivity contribution in [2.24, 2.45) is 0 Å². The normalized spacial score (nSPS) is 22.6. The molecule has 5 nitrogen and oxygen atoms in total. The number of methoxy groups -OCH3 is 1. The quantitative estimate of drug-likeness (QED) is 0.567. The van der Waals surface area contributed by atoms with Crippen LogP contribution in [0.4, 0.5) is 0 Å². The summed E-state index contributed by atoms with van der Waals surface area (Å²) in [4.78, 5) is 4.80. The molecule has 0 aromatic carbocycles. The lowest BCUT2D eigenvalue weighted by molar-refractivity contribution is -0.0489. The van der Waals surface area contributed by atoms with Gasteiger partial charge in [0.15, 0.2) is 0 Å². The highest BCUT2D eigenvalue weighted by Gasteiger charge is 2.23.